The van der Waals surface area contributed by atoms with E-state index in [0.29, 0.717) is 0 Å². The number of benzene rings is 2. The molecule has 3 rings (SSSR count). The maximum Gasteiger partial charge on any atom is 0.00727 e. The van der Waals surface area contributed by atoms with Gasteiger partial charge in [0, 0.05) is 6.04 Å². The topological polar surface area (TPSA) is 12.0 Å². The highest BCUT2D eigenvalue weighted by Gasteiger charge is 2.22. The molecule has 0 aromatic heterocycles. The van der Waals surface area contributed by atoms with E-state index < -0.39 is 0 Å². The second-order valence-corrected chi connectivity index (χ2v) is 5.72. The summed E-state index contributed by atoms with van der Waals surface area (Å²) in [7, 11) is 0. The Bertz CT molecular complexity index is 544. The smallest absolute Gasteiger partial charge is 0.00727 e. The third-order valence-corrected chi connectivity index (χ3v) is 4.41. The van der Waals surface area contributed by atoms with Crippen LogP contribution in [-0.4, -0.2) is 12.6 Å². The lowest BCUT2D eigenvalue weighted by Crippen LogP contribution is -2.33. The molecular formula is C18H23N. The van der Waals surface area contributed by atoms with Crippen LogP contribution in [0.4, 0.5) is 0 Å². The molecule has 2 atom stereocenters. The van der Waals surface area contributed by atoms with Crippen molar-refractivity contribution in [2.45, 2.75) is 44.6 Å². The molecule has 0 saturated heterocycles. The van der Waals surface area contributed by atoms with Crippen LogP contribution in [0, 0.1) is 0 Å². The van der Waals surface area contributed by atoms with E-state index in [1.807, 2.05) is 0 Å². The minimum absolute atomic E-state index is 0.718. The van der Waals surface area contributed by atoms with E-state index in [9.17, 15) is 0 Å². The zero-order chi connectivity index (χ0) is 13.1. The predicted octanol–water partition coefficient (Wildman–Crippen LogP) is 4.48. The van der Waals surface area contributed by atoms with Gasteiger partial charge in [-0.2, -0.15) is 0 Å². The fraction of sp³-hybridized carbons (Fsp3) is 0.444. The molecule has 0 aliphatic heterocycles. The summed E-state index contributed by atoms with van der Waals surface area (Å²) in [4.78, 5) is 0. The molecule has 0 radical (unpaired) electrons. The van der Waals surface area contributed by atoms with Gasteiger partial charge in [-0.25, -0.2) is 0 Å². The molecule has 1 heteroatoms. The molecule has 100 valence electrons. The lowest BCUT2D eigenvalue weighted by molar-refractivity contribution is 0.344. The van der Waals surface area contributed by atoms with Gasteiger partial charge >= 0.3 is 0 Å². The molecule has 1 fully saturated rings. The lowest BCUT2D eigenvalue weighted by atomic mass is 9.81. The molecule has 2 aromatic rings. The van der Waals surface area contributed by atoms with Crippen molar-refractivity contribution in [2.75, 3.05) is 6.54 Å². The highest BCUT2D eigenvalue weighted by Crippen LogP contribution is 2.34. The van der Waals surface area contributed by atoms with Gasteiger partial charge < -0.3 is 5.32 Å². The van der Waals surface area contributed by atoms with Gasteiger partial charge in [-0.15, -0.1) is 0 Å². The molecule has 0 bridgehead atoms. The fourth-order valence-corrected chi connectivity index (χ4v) is 3.43. The maximum atomic E-state index is 3.62. The molecule has 1 saturated carbocycles. The molecule has 19 heavy (non-hydrogen) atoms. The monoisotopic (exact) mass is 253 g/mol. The Morgan fingerprint density at radius 3 is 2.74 bits per heavy atom. The van der Waals surface area contributed by atoms with Crippen LogP contribution in [0.2, 0.25) is 0 Å². The van der Waals surface area contributed by atoms with Gasteiger partial charge in [0.25, 0.3) is 0 Å². The third-order valence-electron chi connectivity index (χ3n) is 4.41. The average molecular weight is 253 g/mol. The van der Waals surface area contributed by atoms with E-state index in [0.717, 1.165) is 18.5 Å². The highest BCUT2D eigenvalue weighted by molar-refractivity contribution is 5.83. The van der Waals surface area contributed by atoms with Crippen molar-refractivity contribution >= 4 is 10.8 Å². The highest BCUT2D eigenvalue weighted by atomic mass is 14.9. The normalized spacial score (nSPS) is 23.6. The summed E-state index contributed by atoms with van der Waals surface area (Å²) in [5, 5.41) is 6.35. The number of fused-ring (bicyclic) bond motifs is 1. The molecular weight excluding hydrogens is 230 g/mol. The number of nitrogens with one attached hydrogen (secondary N) is 1. The summed E-state index contributed by atoms with van der Waals surface area (Å²) in [5.74, 6) is 0.738. The molecule has 1 aliphatic rings. The van der Waals surface area contributed by atoms with Crippen LogP contribution in [-0.2, 0) is 0 Å². The number of hydrogen-bond acceptors (Lipinski definition) is 1. The Morgan fingerprint density at radius 1 is 1.05 bits per heavy atom. The van der Waals surface area contributed by atoms with Crippen LogP contribution in [0.3, 0.4) is 0 Å². The number of hydrogen-bond donors (Lipinski definition) is 1. The summed E-state index contributed by atoms with van der Waals surface area (Å²) < 4.78 is 0. The SMILES string of the molecule is CCNC1CCCC(c2ccc3ccccc3c2)C1. The molecule has 2 unspecified atom stereocenters. The standard InChI is InChI=1S/C18H23N/c1-2-19-18-9-5-8-16(13-18)17-11-10-14-6-3-4-7-15(14)12-17/h3-4,6-7,10-12,16,18-19H,2,5,8-9,13H2,1H3. The number of rotatable bonds is 3. The van der Waals surface area contributed by atoms with Gasteiger partial charge in [0.05, 0.1) is 0 Å². The molecule has 0 heterocycles. The van der Waals surface area contributed by atoms with Crippen molar-refractivity contribution < 1.29 is 0 Å². The first-order chi connectivity index (χ1) is 9.36. The molecule has 1 aliphatic carbocycles. The molecule has 2 aromatic carbocycles. The van der Waals surface area contributed by atoms with Crippen molar-refractivity contribution in [3.8, 4) is 0 Å². The predicted molar refractivity (Wildman–Crippen MR) is 82.6 cm³/mol. The second-order valence-electron chi connectivity index (χ2n) is 5.72. The minimum atomic E-state index is 0.718. The Balaban J connectivity index is 1.83. The Morgan fingerprint density at radius 2 is 1.89 bits per heavy atom. The summed E-state index contributed by atoms with van der Waals surface area (Å²) >= 11 is 0. The summed E-state index contributed by atoms with van der Waals surface area (Å²) in [6.45, 7) is 3.30. The maximum absolute atomic E-state index is 3.62. The van der Waals surface area contributed by atoms with Crippen LogP contribution < -0.4 is 5.32 Å². The Labute approximate surface area is 116 Å². The van der Waals surface area contributed by atoms with E-state index in [4.69, 9.17) is 0 Å². The van der Waals surface area contributed by atoms with Crippen LogP contribution in [0.5, 0.6) is 0 Å². The fourth-order valence-electron chi connectivity index (χ4n) is 3.43. The Kier molecular flexibility index (Phi) is 3.84. The summed E-state index contributed by atoms with van der Waals surface area (Å²) in [6.07, 6.45) is 5.35. The zero-order valence-corrected chi connectivity index (χ0v) is 11.7. The van der Waals surface area contributed by atoms with Crippen LogP contribution in [0.1, 0.15) is 44.1 Å². The minimum Gasteiger partial charge on any atom is -0.314 e. The average Bonchev–Trinajstić information content (AvgIpc) is 2.47. The largest absolute Gasteiger partial charge is 0.314 e. The first-order valence-electron chi connectivity index (χ1n) is 7.59. The van der Waals surface area contributed by atoms with Crippen molar-refractivity contribution in [3.63, 3.8) is 0 Å². The van der Waals surface area contributed by atoms with Crippen molar-refractivity contribution in [1.29, 1.82) is 0 Å². The van der Waals surface area contributed by atoms with Gasteiger partial charge in [0.2, 0.25) is 0 Å². The van der Waals surface area contributed by atoms with E-state index in [1.165, 1.54) is 42.0 Å². The first kappa shape index (κ1) is 12.7. The van der Waals surface area contributed by atoms with Crippen molar-refractivity contribution in [3.05, 3.63) is 48.0 Å². The molecule has 0 spiro atoms. The quantitative estimate of drug-likeness (QED) is 0.850. The second kappa shape index (κ2) is 5.75. The van der Waals surface area contributed by atoms with Gasteiger partial charge in [-0.05, 0) is 48.1 Å². The zero-order valence-electron chi connectivity index (χ0n) is 11.7. The molecule has 0 amide bonds. The molecule has 1 N–H and O–H groups in total. The van der Waals surface area contributed by atoms with Crippen molar-refractivity contribution in [2.24, 2.45) is 0 Å². The van der Waals surface area contributed by atoms with E-state index in [2.05, 4.69) is 54.7 Å². The van der Waals surface area contributed by atoms with Crippen LogP contribution in [0.15, 0.2) is 42.5 Å². The Hall–Kier alpha value is -1.34. The van der Waals surface area contributed by atoms with E-state index in [-0.39, 0.29) is 0 Å². The molecule has 1 nitrogen and oxygen atoms in total. The first-order valence-corrected chi connectivity index (χ1v) is 7.59. The lowest BCUT2D eigenvalue weighted by Gasteiger charge is -2.30. The van der Waals surface area contributed by atoms with Crippen molar-refractivity contribution in [1.82, 2.24) is 5.32 Å². The van der Waals surface area contributed by atoms with Crippen LogP contribution >= 0.6 is 0 Å². The van der Waals surface area contributed by atoms with Crippen LogP contribution in [0.25, 0.3) is 10.8 Å². The van der Waals surface area contributed by atoms with E-state index >= 15 is 0 Å². The van der Waals surface area contributed by atoms with Gasteiger partial charge in [-0.3, -0.25) is 0 Å². The van der Waals surface area contributed by atoms with Gasteiger partial charge in [0.15, 0.2) is 0 Å². The third kappa shape index (κ3) is 2.82. The van der Waals surface area contributed by atoms with E-state index in [1.54, 1.807) is 0 Å². The summed E-state index contributed by atoms with van der Waals surface area (Å²) in [6, 6.07) is 16.4. The summed E-state index contributed by atoms with van der Waals surface area (Å²) in [5.41, 5.74) is 1.53. The van der Waals surface area contributed by atoms with Gasteiger partial charge in [0.1, 0.15) is 0 Å². The van der Waals surface area contributed by atoms with Gasteiger partial charge in [-0.1, -0.05) is 55.8 Å².